The Bertz CT molecular complexity index is 881. The first-order chi connectivity index (χ1) is 12.5. The molecule has 0 aliphatic rings. The van der Waals surface area contributed by atoms with Gasteiger partial charge in [-0.15, -0.1) is 0 Å². The lowest BCUT2D eigenvalue weighted by Crippen LogP contribution is -2.31. The summed E-state index contributed by atoms with van der Waals surface area (Å²) in [5.74, 6) is 1.52. The van der Waals surface area contributed by atoms with Gasteiger partial charge in [-0.3, -0.25) is 0 Å². The van der Waals surface area contributed by atoms with Gasteiger partial charge >= 0.3 is 6.03 Å². The van der Waals surface area contributed by atoms with Crippen molar-refractivity contribution in [2.45, 2.75) is 26.7 Å². The highest BCUT2D eigenvalue weighted by Crippen LogP contribution is 2.16. The number of nitrogens with one attached hydrogen (secondary N) is 2. The van der Waals surface area contributed by atoms with Gasteiger partial charge in [-0.25, -0.2) is 9.78 Å². The summed E-state index contributed by atoms with van der Waals surface area (Å²) >= 11 is 0. The fourth-order valence-corrected chi connectivity index (χ4v) is 2.90. The molecule has 3 aromatic rings. The first-order valence-corrected chi connectivity index (χ1v) is 9.07. The number of benzene rings is 2. The monoisotopic (exact) mass is 350 g/mol. The van der Waals surface area contributed by atoms with Crippen LogP contribution in [0.5, 0.6) is 0 Å². The van der Waals surface area contributed by atoms with Crippen molar-refractivity contribution in [3.63, 3.8) is 0 Å². The van der Waals surface area contributed by atoms with Crippen LogP contribution in [-0.2, 0) is 19.9 Å². The summed E-state index contributed by atoms with van der Waals surface area (Å²) in [7, 11) is 2.06. The molecule has 0 bridgehead atoms. The van der Waals surface area contributed by atoms with Gasteiger partial charge in [0.1, 0.15) is 5.82 Å². The molecule has 0 fully saturated rings. The van der Waals surface area contributed by atoms with E-state index in [1.165, 1.54) is 5.56 Å². The number of amides is 2. The van der Waals surface area contributed by atoms with Crippen molar-refractivity contribution in [2.75, 3.05) is 11.9 Å². The fourth-order valence-electron chi connectivity index (χ4n) is 2.90. The van der Waals surface area contributed by atoms with Crippen LogP contribution in [-0.4, -0.2) is 22.1 Å². The van der Waals surface area contributed by atoms with Crippen LogP contribution in [0.15, 0.2) is 48.5 Å². The highest BCUT2D eigenvalue weighted by Gasteiger charge is 2.07. The average Bonchev–Trinajstić information content (AvgIpc) is 2.96. The number of urea groups is 1. The topological polar surface area (TPSA) is 59.0 Å². The van der Waals surface area contributed by atoms with E-state index in [1.54, 1.807) is 0 Å². The van der Waals surface area contributed by atoms with Gasteiger partial charge in [0, 0.05) is 25.7 Å². The number of hydrogen-bond acceptors (Lipinski definition) is 2. The molecule has 0 radical (unpaired) electrons. The van der Waals surface area contributed by atoms with Crippen LogP contribution in [0.1, 0.15) is 25.2 Å². The summed E-state index contributed by atoms with van der Waals surface area (Å²) in [5, 5.41) is 5.71. The molecule has 0 saturated heterocycles. The molecule has 2 aromatic carbocycles. The van der Waals surface area contributed by atoms with Gasteiger partial charge in [0.15, 0.2) is 0 Å². The third-order valence-corrected chi connectivity index (χ3v) is 4.40. The Morgan fingerprint density at radius 2 is 1.81 bits per heavy atom. The van der Waals surface area contributed by atoms with Crippen molar-refractivity contribution in [1.82, 2.24) is 14.9 Å². The third-order valence-electron chi connectivity index (χ3n) is 4.40. The maximum absolute atomic E-state index is 11.8. The second-order valence-electron chi connectivity index (χ2n) is 7.00. The van der Waals surface area contributed by atoms with E-state index in [0.717, 1.165) is 35.4 Å². The zero-order valence-electron chi connectivity index (χ0n) is 15.6. The predicted molar refractivity (Wildman–Crippen MR) is 106 cm³/mol. The summed E-state index contributed by atoms with van der Waals surface area (Å²) in [4.78, 5) is 16.5. The number of hydrogen-bond donors (Lipinski definition) is 2. The number of aromatic nitrogens is 2. The summed E-state index contributed by atoms with van der Waals surface area (Å²) in [5.41, 5.74) is 4.23. The number of rotatable bonds is 6. The highest BCUT2D eigenvalue weighted by atomic mass is 16.2. The number of para-hydroxylation sites is 2. The molecule has 0 spiro atoms. The minimum Gasteiger partial charge on any atom is -0.338 e. The molecule has 0 unspecified atom stereocenters. The molecule has 5 heteroatoms. The molecule has 0 aliphatic carbocycles. The van der Waals surface area contributed by atoms with E-state index >= 15 is 0 Å². The van der Waals surface area contributed by atoms with E-state index in [4.69, 9.17) is 4.98 Å². The van der Waals surface area contributed by atoms with Crippen LogP contribution in [0, 0.1) is 5.92 Å². The normalized spacial score (nSPS) is 11.1. The van der Waals surface area contributed by atoms with Crippen molar-refractivity contribution < 1.29 is 4.79 Å². The Kier molecular flexibility index (Phi) is 5.56. The molecule has 0 atom stereocenters. The lowest BCUT2D eigenvalue weighted by atomic mass is 10.1. The summed E-state index contributed by atoms with van der Waals surface area (Å²) < 4.78 is 2.16. The molecular weight excluding hydrogens is 324 g/mol. The molecule has 0 aliphatic heterocycles. The van der Waals surface area contributed by atoms with E-state index in [0.29, 0.717) is 12.5 Å². The van der Waals surface area contributed by atoms with Crippen molar-refractivity contribution in [2.24, 2.45) is 13.0 Å². The van der Waals surface area contributed by atoms with Crippen LogP contribution >= 0.6 is 0 Å². The highest BCUT2D eigenvalue weighted by molar-refractivity contribution is 5.89. The second-order valence-corrected chi connectivity index (χ2v) is 7.00. The second kappa shape index (κ2) is 8.04. The van der Waals surface area contributed by atoms with Crippen LogP contribution in [0.25, 0.3) is 11.0 Å². The fraction of sp³-hybridized carbons (Fsp3) is 0.333. The van der Waals surface area contributed by atoms with Crippen LogP contribution in [0.4, 0.5) is 10.5 Å². The Balaban J connectivity index is 1.57. The lowest BCUT2D eigenvalue weighted by Gasteiger charge is -2.10. The van der Waals surface area contributed by atoms with Gasteiger partial charge in [-0.1, -0.05) is 38.1 Å². The van der Waals surface area contributed by atoms with E-state index < -0.39 is 0 Å². The molecule has 0 saturated carbocycles. The number of imidazole rings is 1. The van der Waals surface area contributed by atoms with Gasteiger partial charge in [-0.2, -0.15) is 0 Å². The number of carbonyl (C=O) groups is 1. The van der Waals surface area contributed by atoms with Gasteiger partial charge in [0.25, 0.3) is 0 Å². The number of anilines is 1. The van der Waals surface area contributed by atoms with Gasteiger partial charge < -0.3 is 15.2 Å². The zero-order chi connectivity index (χ0) is 18.5. The molecule has 26 heavy (non-hydrogen) atoms. The lowest BCUT2D eigenvalue weighted by molar-refractivity contribution is 0.251. The quantitative estimate of drug-likeness (QED) is 0.702. The summed E-state index contributed by atoms with van der Waals surface area (Å²) in [6.45, 7) is 4.81. The Hall–Kier alpha value is -2.82. The maximum atomic E-state index is 11.8. The average molecular weight is 350 g/mol. The standard InChI is InChI=1S/C21H26N4O/c1-15(2)14-22-21(26)23-17-11-8-16(9-12-17)10-13-20-24-18-6-4-5-7-19(18)25(20)3/h4-9,11-12,15H,10,13-14H2,1-3H3,(H2,22,23,26). The largest absolute Gasteiger partial charge is 0.338 e. The minimum absolute atomic E-state index is 0.161. The SMILES string of the molecule is CC(C)CNC(=O)Nc1ccc(CCc2nc3ccccc3n2C)cc1. The number of aryl methyl sites for hydroxylation is 3. The van der Waals surface area contributed by atoms with Gasteiger partial charge in [0.05, 0.1) is 11.0 Å². The molecular formula is C21H26N4O. The Morgan fingerprint density at radius 1 is 1.08 bits per heavy atom. The van der Waals surface area contributed by atoms with Crippen molar-refractivity contribution >= 4 is 22.8 Å². The van der Waals surface area contributed by atoms with E-state index in [-0.39, 0.29) is 6.03 Å². The Labute approximate surface area is 154 Å². The molecule has 2 amide bonds. The van der Waals surface area contributed by atoms with Crippen molar-refractivity contribution in [3.05, 3.63) is 59.9 Å². The summed E-state index contributed by atoms with van der Waals surface area (Å²) in [6.07, 6.45) is 1.80. The smallest absolute Gasteiger partial charge is 0.319 e. The predicted octanol–water partition coefficient (Wildman–Crippen LogP) is 4.14. The Morgan fingerprint density at radius 3 is 2.50 bits per heavy atom. The minimum atomic E-state index is -0.161. The summed E-state index contributed by atoms with van der Waals surface area (Å²) in [6, 6.07) is 16.0. The molecule has 1 aromatic heterocycles. The third kappa shape index (κ3) is 4.42. The number of carbonyl (C=O) groups excluding carboxylic acids is 1. The van der Waals surface area contributed by atoms with Gasteiger partial charge in [-0.05, 0) is 42.2 Å². The number of fused-ring (bicyclic) bond motifs is 1. The molecule has 5 nitrogen and oxygen atoms in total. The first-order valence-electron chi connectivity index (χ1n) is 9.07. The first kappa shape index (κ1) is 18.0. The molecule has 136 valence electrons. The van der Waals surface area contributed by atoms with Crippen molar-refractivity contribution in [3.8, 4) is 0 Å². The van der Waals surface area contributed by atoms with Gasteiger partial charge in [0.2, 0.25) is 0 Å². The van der Waals surface area contributed by atoms with Crippen molar-refractivity contribution in [1.29, 1.82) is 0 Å². The molecule has 1 heterocycles. The van der Waals surface area contributed by atoms with Crippen LogP contribution < -0.4 is 10.6 Å². The van der Waals surface area contributed by atoms with Crippen LogP contribution in [0.3, 0.4) is 0 Å². The van der Waals surface area contributed by atoms with E-state index in [1.807, 2.05) is 30.3 Å². The van der Waals surface area contributed by atoms with Crippen LogP contribution in [0.2, 0.25) is 0 Å². The van der Waals surface area contributed by atoms with E-state index in [9.17, 15) is 4.79 Å². The van der Waals surface area contributed by atoms with E-state index in [2.05, 4.69) is 54.3 Å². The number of nitrogens with zero attached hydrogens (tertiary/aromatic N) is 2. The zero-order valence-corrected chi connectivity index (χ0v) is 15.6. The maximum Gasteiger partial charge on any atom is 0.319 e. The molecule has 3 rings (SSSR count). The molecule has 2 N–H and O–H groups in total.